The van der Waals surface area contributed by atoms with Crippen LogP contribution in [0.25, 0.3) is 0 Å². The van der Waals surface area contributed by atoms with E-state index >= 15 is 0 Å². The SMILES string of the molecule is CC(CN)CCN1CCN(Cc2ccc(Cl)c(Cl)c2)CC1. The smallest absolute Gasteiger partial charge is 0.0595 e. The van der Waals surface area contributed by atoms with Crippen LogP contribution in [0.5, 0.6) is 0 Å². The standard InChI is InChI=1S/C16H25Cl2N3/c1-13(11-19)4-5-20-6-8-21(9-7-20)12-14-2-3-15(17)16(18)10-14/h2-3,10,13H,4-9,11-12,19H2,1H3. The number of benzene rings is 1. The van der Waals surface area contributed by atoms with Gasteiger partial charge in [0, 0.05) is 32.7 Å². The van der Waals surface area contributed by atoms with Crippen molar-refractivity contribution in [2.75, 3.05) is 39.3 Å². The molecule has 21 heavy (non-hydrogen) atoms. The van der Waals surface area contributed by atoms with Crippen LogP contribution in [0.1, 0.15) is 18.9 Å². The highest BCUT2D eigenvalue weighted by Gasteiger charge is 2.17. The second-order valence-electron chi connectivity index (χ2n) is 6.00. The Kier molecular flexibility index (Phi) is 6.77. The third-order valence-electron chi connectivity index (χ3n) is 4.20. The maximum absolute atomic E-state index is 6.07. The summed E-state index contributed by atoms with van der Waals surface area (Å²) in [6.07, 6.45) is 1.20. The van der Waals surface area contributed by atoms with Crippen LogP contribution < -0.4 is 5.73 Å². The molecule has 0 aromatic heterocycles. The zero-order chi connectivity index (χ0) is 15.2. The van der Waals surface area contributed by atoms with Gasteiger partial charge in [-0.3, -0.25) is 4.90 Å². The molecule has 1 aliphatic rings. The van der Waals surface area contributed by atoms with Crippen LogP contribution in [0.4, 0.5) is 0 Å². The van der Waals surface area contributed by atoms with E-state index in [2.05, 4.69) is 22.8 Å². The summed E-state index contributed by atoms with van der Waals surface area (Å²) in [6.45, 7) is 9.62. The molecule has 1 aromatic rings. The fourth-order valence-electron chi connectivity index (χ4n) is 2.59. The van der Waals surface area contributed by atoms with Gasteiger partial charge in [0.1, 0.15) is 0 Å². The number of piperazine rings is 1. The average Bonchev–Trinajstić information content (AvgIpc) is 2.50. The van der Waals surface area contributed by atoms with E-state index in [9.17, 15) is 0 Å². The molecular weight excluding hydrogens is 305 g/mol. The summed E-state index contributed by atoms with van der Waals surface area (Å²) in [5.74, 6) is 0.624. The third-order valence-corrected chi connectivity index (χ3v) is 4.93. The highest BCUT2D eigenvalue weighted by molar-refractivity contribution is 6.42. The quantitative estimate of drug-likeness (QED) is 0.870. The zero-order valence-electron chi connectivity index (χ0n) is 12.7. The Morgan fingerprint density at radius 2 is 1.76 bits per heavy atom. The second kappa shape index (κ2) is 8.35. The van der Waals surface area contributed by atoms with Crippen LogP contribution in [0.2, 0.25) is 10.0 Å². The molecule has 0 saturated carbocycles. The van der Waals surface area contributed by atoms with Crippen LogP contribution in [0.3, 0.4) is 0 Å². The third kappa shape index (κ3) is 5.42. The Morgan fingerprint density at radius 1 is 1.10 bits per heavy atom. The first kappa shape index (κ1) is 17.0. The summed E-state index contributed by atoms with van der Waals surface area (Å²) >= 11 is 12.0. The lowest BCUT2D eigenvalue weighted by atomic mass is 10.1. The molecule has 3 nitrogen and oxygen atoms in total. The highest BCUT2D eigenvalue weighted by atomic mass is 35.5. The van der Waals surface area contributed by atoms with Gasteiger partial charge in [-0.15, -0.1) is 0 Å². The predicted molar refractivity (Wildman–Crippen MR) is 91.0 cm³/mol. The minimum atomic E-state index is 0.624. The largest absolute Gasteiger partial charge is 0.330 e. The van der Waals surface area contributed by atoms with Crippen LogP contribution in [0.15, 0.2) is 18.2 Å². The molecule has 1 atom stereocenters. The molecule has 0 aliphatic carbocycles. The molecule has 1 unspecified atom stereocenters. The Balaban J connectivity index is 1.75. The van der Waals surface area contributed by atoms with E-state index in [0.717, 1.165) is 39.3 Å². The molecule has 1 aliphatic heterocycles. The van der Waals surface area contributed by atoms with Gasteiger partial charge in [0.25, 0.3) is 0 Å². The minimum absolute atomic E-state index is 0.624. The summed E-state index contributed by atoms with van der Waals surface area (Å²) in [7, 11) is 0. The zero-order valence-corrected chi connectivity index (χ0v) is 14.2. The molecule has 1 heterocycles. The van der Waals surface area contributed by atoms with E-state index < -0.39 is 0 Å². The van der Waals surface area contributed by atoms with Gasteiger partial charge in [0.15, 0.2) is 0 Å². The molecule has 2 N–H and O–H groups in total. The Morgan fingerprint density at radius 3 is 2.38 bits per heavy atom. The monoisotopic (exact) mass is 329 g/mol. The molecule has 0 spiro atoms. The fourth-order valence-corrected chi connectivity index (χ4v) is 2.91. The molecule has 1 saturated heterocycles. The number of rotatable bonds is 6. The molecule has 0 bridgehead atoms. The lowest BCUT2D eigenvalue weighted by molar-refractivity contribution is 0.122. The van der Waals surface area contributed by atoms with Crippen LogP contribution >= 0.6 is 23.2 Å². The highest BCUT2D eigenvalue weighted by Crippen LogP contribution is 2.23. The lowest BCUT2D eigenvalue weighted by Gasteiger charge is -2.35. The predicted octanol–water partition coefficient (Wildman–Crippen LogP) is 3.10. The molecule has 1 aromatic carbocycles. The van der Waals surface area contributed by atoms with Crippen molar-refractivity contribution in [2.45, 2.75) is 19.9 Å². The molecular formula is C16H25Cl2N3. The number of hydrogen-bond donors (Lipinski definition) is 1. The number of nitrogens with two attached hydrogens (primary N) is 1. The number of hydrogen-bond acceptors (Lipinski definition) is 3. The Hall–Kier alpha value is -0.320. The Labute approximate surface area is 138 Å². The lowest BCUT2D eigenvalue weighted by Crippen LogP contribution is -2.46. The van der Waals surface area contributed by atoms with Crippen LogP contribution in [-0.2, 0) is 6.54 Å². The van der Waals surface area contributed by atoms with Gasteiger partial charge in [-0.2, -0.15) is 0 Å². The molecule has 5 heteroatoms. The first-order valence-corrected chi connectivity index (χ1v) is 8.42. The molecule has 0 amide bonds. The van der Waals surface area contributed by atoms with Gasteiger partial charge >= 0.3 is 0 Å². The van der Waals surface area contributed by atoms with Crippen molar-refractivity contribution >= 4 is 23.2 Å². The van der Waals surface area contributed by atoms with Crippen molar-refractivity contribution in [2.24, 2.45) is 11.7 Å². The first-order valence-electron chi connectivity index (χ1n) is 7.67. The van der Waals surface area contributed by atoms with Gasteiger partial charge in [0.2, 0.25) is 0 Å². The van der Waals surface area contributed by atoms with Crippen molar-refractivity contribution in [3.63, 3.8) is 0 Å². The molecule has 1 fully saturated rings. The van der Waals surface area contributed by atoms with E-state index in [1.807, 2.05) is 12.1 Å². The van der Waals surface area contributed by atoms with Crippen molar-refractivity contribution in [1.29, 1.82) is 0 Å². The summed E-state index contributed by atoms with van der Waals surface area (Å²) in [4.78, 5) is 5.01. The van der Waals surface area contributed by atoms with Crippen molar-refractivity contribution in [3.05, 3.63) is 33.8 Å². The van der Waals surface area contributed by atoms with E-state index in [4.69, 9.17) is 28.9 Å². The summed E-state index contributed by atoms with van der Waals surface area (Å²) < 4.78 is 0. The van der Waals surface area contributed by atoms with E-state index in [1.165, 1.54) is 18.5 Å². The van der Waals surface area contributed by atoms with E-state index in [1.54, 1.807) is 0 Å². The van der Waals surface area contributed by atoms with E-state index in [-0.39, 0.29) is 0 Å². The van der Waals surface area contributed by atoms with Crippen molar-refractivity contribution < 1.29 is 0 Å². The van der Waals surface area contributed by atoms with Crippen molar-refractivity contribution in [3.8, 4) is 0 Å². The van der Waals surface area contributed by atoms with Gasteiger partial charge in [-0.1, -0.05) is 36.2 Å². The molecule has 118 valence electrons. The molecule has 0 radical (unpaired) electrons. The maximum Gasteiger partial charge on any atom is 0.0595 e. The van der Waals surface area contributed by atoms with Crippen LogP contribution in [-0.4, -0.2) is 49.1 Å². The normalized spacial score (nSPS) is 18.9. The number of nitrogens with zero attached hydrogens (tertiary/aromatic N) is 2. The van der Waals surface area contributed by atoms with E-state index in [0.29, 0.717) is 16.0 Å². The first-order chi connectivity index (χ1) is 10.1. The van der Waals surface area contributed by atoms with Crippen molar-refractivity contribution in [1.82, 2.24) is 9.80 Å². The average molecular weight is 330 g/mol. The fraction of sp³-hybridized carbons (Fsp3) is 0.625. The molecule has 2 rings (SSSR count). The van der Waals surface area contributed by atoms with Crippen LogP contribution in [0, 0.1) is 5.92 Å². The number of halogens is 2. The second-order valence-corrected chi connectivity index (χ2v) is 6.81. The summed E-state index contributed by atoms with van der Waals surface area (Å²) in [5, 5.41) is 1.27. The Bertz CT molecular complexity index is 445. The topological polar surface area (TPSA) is 32.5 Å². The minimum Gasteiger partial charge on any atom is -0.330 e. The van der Waals surface area contributed by atoms with Gasteiger partial charge in [-0.25, -0.2) is 0 Å². The maximum atomic E-state index is 6.07. The van der Waals surface area contributed by atoms with Gasteiger partial charge in [-0.05, 0) is 43.1 Å². The summed E-state index contributed by atoms with van der Waals surface area (Å²) in [6, 6.07) is 5.91. The van der Waals surface area contributed by atoms with Gasteiger partial charge in [0.05, 0.1) is 10.0 Å². The summed E-state index contributed by atoms with van der Waals surface area (Å²) in [5.41, 5.74) is 6.90. The van der Waals surface area contributed by atoms with Gasteiger partial charge < -0.3 is 10.6 Å².